The summed E-state index contributed by atoms with van der Waals surface area (Å²) in [7, 11) is 4.13. The van der Waals surface area contributed by atoms with Crippen molar-refractivity contribution in [2.24, 2.45) is 0 Å². The fourth-order valence-corrected chi connectivity index (χ4v) is 1.45. The van der Waals surface area contributed by atoms with Gasteiger partial charge in [0.25, 0.3) is 6.01 Å². The second-order valence-electron chi connectivity index (χ2n) is 3.80. The van der Waals surface area contributed by atoms with E-state index in [0.29, 0.717) is 17.8 Å². The van der Waals surface area contributed by atoms with Crippen LogP contribution in [0.1, 0.15) is 5.69 Å². The Morgan fingerprint density at radius 1 is 1.64 bits per heavy atom. The molecule has 0 radical (unpaired) electrons. The normalized spacial score (nSPS) is 17.6. The molecule has 2 heterocycles. The lowest BCUT2D eigenvalue weighted by atomic mass is 10.1. The molecule has 1 N–H and O–H groups in total. The first-order chi connectivity index (χ1) is 6.70. The summed E-state index contributed by atoms with van der Waals surface area (Å²) >= 11 is 0. The summed E-state index contributed by atoms with van der Waals surface area (Å²) in [6.45, 7) is 1.82. The summed E-state index contributed by atoms with van der Waals surface area (Å²) in [4.78, 5) is 8.38. The number of hydrogen-bond acceptors (Lipinski definition) is 5. The molecule has 2 rings (SSSR count). The maximum absolute atomic E-state index is 8.81. The summed E-state index contributed by atoms with van der Waals surface area (Å²) < 4.78 is 5.22. The van der Waals surface area contributed by atoms with Crippen LogP contribution >= 0.6 is 0 Å². The molecular weight excluding hydrogens is 182 g/mol. The van der Waals surface area contributed by atoms with Crippen molar-refractivity contribution >= 4 is 6.01 Å². The highest BCUT2D eigenvalue weighted by molar-refractivity contribution is 5.32. The van der Waals surface area contributed by atoms with Crippen LogP contribution in [0.15, 0.2) is 10.7 Å². The number of aliphatic hydroxyl groups is 1. The van der Waals surface area contributed by atoms with Gasteiger partial charge in [-0.05, 0) is 14.1 Å². The molecule has 1 aliphatic heterocycles. The predicted octanol–water partition coefficient (Wildman–Crippen LogP) is -0.0829. The Morgan fingerprint density at radius 3 is 2.86 bits per heavy atom. The maximum Gasteiger partial charge on any atom is 0.297 e. The standard InChI is InChI=1S/C9H15N3O2/c1-11(2)8-3-12(4-8)9-10-7(5-13)6-14-9/h6,8,13H,3-5H2,1-2H3. The second kappa shape index (κ2) is 3.59. The van der Waals surface area contributed by atoms with Gasteiger partial charge < -0.3 is 19.3 Å². The maximum atomic E-state index is 8.81. The fraction of sp³-hybridized carbons (Fsp3) is 0.667. The zero-order chi connectivity index (χ0) is 10.1. The van der Waals surface area contributed by atoms with E-state index in [1.165, 1.54) is 6.26 Å². The van der Waals surface area contributed by atoms with Crippen LogP contribution in [0.3, 0.4) is 0 Å². The molecule has 14 heavy (non-hydrogen) atoms. The van der Waals surface area contributed by atoms with Gasteiger partial charge in [0.2, 0.25) is 0 Å². The number of oxazole rings is 1. The van der Waals surface area contributed by atoms with E-state index in [1.807, 2.05) is 0 Å². The Labute approximate surface area is 82.9 Å². The van der Waals surface area contributed by atoms with Gasteiger partial charge >= 0.3 is 0 Å². The number of likely N-dealkylation sites (N-methyl/N-ethyl adjacent to an activating group) is 1. The first-order valence-corrected chi connectivity index (χ1v) is 4.67. The fourth-order valence-electron chi connectivity index (χ4n) is 1.45. The Kier molecular flexibility index (Phi) is 2.43. The van der Waals surface area contributed by atoms with Crippen molar-refractivity contribution in [2.75, 3.05) is 32.1 Å². The summed E-state index contributed by atoms with van der Waals surface area (Å²) in [6.07, 6.45) is 1.50. The van der Waals surface area contributed by atoms with E-state index in [0.717, 1.165) is 13.1 Å². The van der Waals surface area contributed by atoms with Crippen LogP contribution in [0.25, 0.3) is 0 Å². The molecule has 0 unspecified atom stereocenters. The third kappa shape index (κ3) is 1.60. The SMILES string of the molecule is CN(C)C1CN(c2nc(CO)co2)C1. The predicted molar refractivity (Wildman–Crippen MR) is 52.1 cm³/mol. The first-order valence-electron chi connectivity index (χ1n) is 4.67. The van der Waals surface area contributed by atoms with Gasteiger partial charge in [-0.3, -0.25) is 0 Å². The molecule has 1 aromatic rings. The van der Waals surface area contributed by atoms with Gasteiger partial charge in [-0.2, -0.15) is 4.98 Å². The number of aliphatic hydroxyl groups excluding tert-OH is 1. The van der Waals surface area contributed by atoms with Gasteiger partial charge in [-0.25, -0.2) is 0 Å². The molecule has 0 aliphatic carbocycles. The molecule has 5 nitrogen and oxygen atoms in total. The molecule has 0 atom stereocenters. The summed E-state index contributed by atoms with van der Waals surface area (Å²) in [5, 5.41) is 8.81. The van der Waals surface area contributed by atoms with Gasteiger partial charge in [0.1, 0.15) is 12.0 Å². The zero-order valence-corrected chi connectivity index (χ0v) is 8.47. The van der Waals surface area contributed by atoms with E-state index < -0.39 is 0 Å². The number of anilines is 1. The second-order valence-corrected chi connectivity index (χ2v) is 3.80. The van der Waals surface area contributed by atoms with Crippen LogP contribution in [0.2, 0.25) is 0 Å². The summed E-state index contributed by atoms with van der Waals surface area (Å²) in [6, 6.07) is 1.20. The summed E-state index contributed by atoms with van der Waals surface area (Å²) in [5.41, 5.74) is 0.591. The lowest BCUT2D eigenvalue weighted by molar-refractivity contribution is 0.238. The highest BCUT2D eigenvalue weighted by Gasteiger charge is 2.31. The lowest BCUT2D eigenvalue weighted by Crippen LogP contribution is -2.57. The van der Waals surface area contributed by atoms with Crippen molar-refractivity contribution in [2.45, 2.75) is 12.6 Å². The van der Waals surface area contributed by atoms with Crippen molar-refractivity contribution in [3.05, 3.63) is 12.0 Å². The van der Waals surface area contributed by atoms with Crippen LogP contribution < -0.4 is 4.90 Å². The molecule has 0 aromatic carbocycles. The Balaban J connectivity index is 1.93. The Bertz CT molecular complexity index is 305. The largest absolute Gasteiger partial charge is 0.432 e. The minimum atomic E-state index is -0.0611. The molecule has 1 saturated heterocycles. The highest BCUT2D eigenvalue weighted by atomic mass is 16.4. The highest BCUT2D eigenvalue weighted by Crippen LogP contribution is 2.21. The molecule has 0 amide bonds. The van der Waals surface area contributed by atoms with Gasteiger partial charge in [-0.15, -0.1) is 0 Å². The average Bonchev–Trinajstić information content (AvgIpc) is 2.49. The van der Waals surface area contributed by atoms with Crippen LogP contribution in [0.4, 0.5) is 6.01 Å². The number of aromatic nitrogens is 1. The molecular formula is C9H15N3O2. The van der Waals surface area contributed by atoms with Gasteiger partial charge in [0.05, 0.1) is 6.61 Å². The minimum Gasteiger partial charge on any atom is -0.432 e. The monoisotopic (exact) mass is 197 g/mol. The van der Waals surface area contributed by atoms with E-state index in [4.69, 9.17) is 9.52 Å². The Morgan fingerprint density at radius 2 is 2.36 bits per heavy atom. The molecule has 0 bridgehead atoms. The number of rotatable bonds is 3. The molecule has 5 heteroatoms. The van der Waals surface area contributed by atoms with E-state index >= 15 is 0 Å². The molecule has 0 spiro atoms. The average molecular weight is 197 g/mol. The molecule has 0 saturated carbocycles. The minimum absolute atomic E-state index is 0.0611. The third-order valence-electron chi connectivity index (χ3n) is 2.56. The van der Waals surface area contributed by atoms with E-state index in [2.05, 4.69) is 28.9 Å². The smallest absolute Gasteiger partial charge is 0.297 e. The number of hydrogen-bond donors (Lipinski definition) is 1. The molecule has 1 fully saturated rings. The zero-order valence-electron chi connectivity index (χ0n) is 8.47. The van der Waals surface area contributed by atoms with E-state index in [9.17, 15) is 0 Å². The molecule has 78 valence electrons. The van der Waals surface area contributed by atoms with Crippen LogP contribution in [0.5, 0.6) is 0 Å². The van der Waals surface area contributed by atoms with E-state index in [-0.39, 0.29) is 6.61 Å². The van der Waals surface area contributed by atoms with Crippen molar-refractivity contribution in [3.8, 4) is 0 Å². The van der Waals surface area contributed by atoms with Crippen LogP contribution in [-0.2, 0) is 6.61 Å². The lowest BCUT2D eigenvalue weighted by Gasteiger charge is -2.41. The molecule has 1 aromatic heterocycles. The quantitative estimate of drug-likeness (QED) is 0.734. The van der Waals surface area contributed by atoms with Crippen LogP contribution in [-0.4, -0.2) is 48.2 Å². The topological polar surface area (TPSA) is 52.7 Å². The van der Waals surface area contributed by atoms with Gasteiger partial charge in [0.15, 0.2) is 0 Å². The van der Waals surface area contributed by atoms with Crippen LogP contribution in [0, 0.1) is 0 Å². The van der Waals surface area contributed by atoms with Crippen molar-refractivity contribution < 1.29 is 9.52 Å². The van der Waals surface area contributed by atoms with Gasteiger partial charge in [-0.1, -0.05) is 0 Å². The first kappa shape index (κ1) is 9.48. The van der Waals surface area contributed by atoms with Crippen molar-refractivity contribution in [1.29, 1.82) is 0 Å². The van der Waals surface area contributed by atoms with Crippen molar-refractivity contribution in [1.82, 2.24) is 9.88 Å². The molecule has 1 aliphatic rings. The summed E-state index contributed by atoms with van der Waals surface area (Å²) in [5.74, 6) is 0. The van der Waals surface area contributed by atoms with E-state index in [1.54, 1.807) is 0 Å². The third-order valence-corrected chi connectivity index (χ3v) is 2.56. The number of nitrogens with zero attached hydrogens (tertiary/aromatic N) is 3. The van der Waals surface area contributed by atoms with Crippen molar-refractivity contribution in [3.63, 3.8) is 0 Å². The Hall–Kier alpha value is -1.07. The van der Waals surface area contributed by atoms with Gasteiger partial charge in [0, 0.05) is 19.1 Å².